The molecule has 0 spiro atoms. The Morgan fingerprint density at radius 3 is 1.62 bits per heavy atom. The monoisotopic (exact) mass is 364 g/mol. The molecule has 0 radical (unpaired) electrons. The standard InChI is InChI=1S/C7H9BO3.C6H14O2.C4H2N2O/c9-5-6-1-3-7(4-2-6)8(10)11;1-5(2,7)6(3,4)8;7-3-4-5-1-2-6-4/h1-4,9-11H,5H2;7-8H,1-4H3;1-2H. The van der Waals surface area contributed by atoms with E-state index in [1.165, 1.54) is 18.4 Å². The van der Waals surface area contributed by atoms with Crippen molar-refractivity contribution in [3.8, 4) is 0 Å². The van der Waals surface area contributed by atoms with E-state index in [0.29, 0.717) is 5.46 Å². The van der Waals surface area contributed by atoms with Gasteiger partial charge in [0.25, 0.3) is 0 Å². The van der Waals surface area contributed by atoms with Crippen LogP contribution in [0.5, 0.6) is 0 Å². The normalized spacial score (nSPS) is 12.6. The van der Waals surface area contributed by atoms with E-state index in [0.717, 1.165) is 5.56 Å². The van der Waals surface area contributed by atoms with Crippen LogP contribution in [0.2, 0.25) is 0 Å². The maximum absolute atomic E-state index is 9.62. The summed E-state index contributed by atoms with van der Waals surface area (Å²) in [5.74, 6) is 1.66. The minimum Gasteiger partial charge on any atom is -0.423 e. The lowest BCUT2D eigenvalue weighted by atomic mass is 9.80. The second-order valence-electron chi connectivity index (χ2n) is 6.37. The highest BCUT2D eigenvalue weighted by Gasteiger charge is 2.31. The molecule has 1 aliphatic rings. The van der Waals surface area contributed by atoms with E-state index in [1.54, 1.807) is 52.0 Å². The number of benzene rings is 1. The lowest BCUT2D eigenvalue weighted by Crippen LogP contribution is -2.44. The Morgan fingerprint density at radius 1 is 0.962 bits per heavy atom. The van der Waals surface area contributed by atoms with E-state index < -0.39 is 18.3 Å². The van der Waals surface area contributed by atoms with Gasteiger partial charge < -0.3 is 25.4 Å². The van der Waals surface area contributed by atoms with Crippen LogP contribution < -0.4 is 5.46 Å². The number of hydrogen-bond acceptors (Lipinski definition) is 8. The third-order valence-corrected chi connectivity index (χ3v) is 3.51. The molecular weight excluding hydrogens is 339 g/mol. The molecule has 0 atom stereocenters. The molecule has 142 valence electrons. The summed E-state index contributed by atoms with van der Waals surface area (Å²) in [7, 11) is -1.43. The highest BCUT2D eigenvalue weighted by Crippen LogP contribution is 2.19. The summed E-state index contributed by atoms with van der Waals surface area (Å²) in [5.41, 5.74) is -0.823. The molecule has 0 saturated carbocycles. The Labute approximate surface area is 153 Å². The Hall–Kier alpha value is -2.13. The van der Waals surface area contributed by atoms with Gasteiger partial charge in [-0.2, -0.15) is 0 Å². The number of aliphatic hydroxyl groups excluding tert-OH is 1. The van der Waals surface area contributed by atoms with E-state index in [4.69, 9.17) is 25.4 Å². The summed E-state index contributed by atoms with van der Waals surface area (Å²) in [6.07, 6.45) is 2.89. The van der Waals surface area contributed by atoms with Crippen molar-refractivity contribution in [2.24, 2.45) is 9.98 Å². The molecule has 0 aromatic heterocycles. The van der Waals surface area contributed by atoms with Gasteiger partial charge in [-0.15, -0.1) is 0 Å². The average Bonchev–Trinajstić information content (AvgIpc) is 3.08. The molecule has 1 aliphatic heterocycles. The second kappa shape index (κ2) is 10.8. The van der Waals surface area contributed by atoms with Gasteiger partial charge in [0.15, 0.2) is 5.94 Å². The van der Waals surface area contributed by atoms with Crippen molar-refractivity contribution in [1.29, 1.82) is 0 Å². The lowest BCUT2D eigenvalue weighted by Gasteiger charge is -2.31. The molecule has 9 heteroatoms. The zero-order valence-corrected chi connectivity index (χ0v) is 15.3. The van der Waals surface area contributed by atoms with E-state index in [-0.39, 0.29) is 12.4 Å². The molecule has 8 nitrogen and oxygen atoms in total. The van der Waals surface area contributed by atoms with Crippen LogP contribution in [-0.4, -0.2) is 62.1 Å². The van der Waals surface area contributed by atoms with Crippen LogP contribution in [-0.2, 0) is 11.4 Å². The Bertz CT molecular complexity index is 625. The maximum atomic E-state index is 9.62. The molecule has 0 amide bonds. The Kier molecular flexibility index (Phi) is 9.89. The molecule has 5 N–H and O–H groups in total. The molecule has 1 aromatic carbocycles. The summed E-state index contributed by atoms with van der Waals surface area (Å²) in [6.45, 7) is 6.28. The SMILES string of the molecule is CC(C)(O)C(C)(C)O.O=C=C1N=CC=N1.OCc1ccc(B(O)O)cc1. The predicted molar refractivity (Wildman–Crippen MR) is 101 cm³/mol. The third-order valence-electron chi connectivity index (χ3n) is 3.51. The molecule has 0 bridgehead atoms. The summed E-state index contributed by atoms with van der Waals surface area (Å²) in [4.78, 5) is 16.6. The minimum absolute atomic E-state index is 0.0260. The summed E-state index contributed by atoms with van der Waals surface area (Å²) < 4.78 is 0. The number of rotatable bonds is 3. The maximum Gasteiger partial charge on any atom is 0.488 e. The van der Waals surface area contributed by atoms with Gasteiger partial charge in [-0.1, -0.05) is 24.3 Å². The first-order valence-corrected chi connectivity index (χ1v) is 7.74. The molecule has 0 saturated heterocycles. The van der Waals surface area contributed by atoms with Gasteiger partial charge in [-0.25, -0.2) is 14.8 Å². The molecule has 26 heavy (non-hydrogen) atoms. The zero-order chi connectivity index (χ0) is 20.4. The van der Waals surface area contributed by atoms with Gasteiger partial charge in [0, 0.05) is 12.4 Å². The van der Waals surface area contributed by atoms with Crippen LogP contribution in [0.25, 0.3) is 0 Å². The van der Waals surface area contributed by atoms with Crippen LogP contribution in [0.4, 0.5) is 0 Å². The van der Waals surface area contributed by atoms with Crippen molar-refractivity contribution >= 4 is 31.0 Å². The molecular formula is C17H25BN2O6. The van der Waals surface area contributed by atoms with Crippen LogP contribution >= 0.6 is 0 Å². The molecule has 0 aliphatic carbocycles. The first-order valence-electron chi connectivity index (χ1n) is 7.74. The van der Waals surface area contributed by atoms with E-state index in [9.17, 15) is 4.79 Å². The smallest absolute Gasteiger partial charge is 0.423 e. The fraction of sp³-hybridized carbons (Fsp3) is 0.412. The fourth-order valence-electron chi connectivity index (χ4n) is 1.09. The van der Waals surface area contributed by atoms with Crippen LogP contribution in [0.15, 0.2) is 40.1 Å². The second-order valence-corrected chi connectivity index (χ2v) is 6.37. The Morgan fingerprint density at radius 2 is 1.38 bits per heavy atom. The van der Waals surface area contributed by atoms with Crippen LogP contribution in [0.1, 0.15) is 33.3 Å². The van der Waals surface area contributed by atoms with Gasteiger partial charge in [0.2, 0.25) is 5.82 Å². The van der Waals surface area contributed by atoms with Crippen molar-refractivity contribution in [1.82, 2.24) is 0 Å². The highest BCUT2D eigenvalue weighted by molar-refractivity contribution is 6.58. The van der Waals surface area contributed by atoms with Crippen molar-refractivity contribution in [2.45, 2.75) is 45.5 Å². The predicted octanol–water partition coefficient (Wildman–Crippen LogP) is -0.799. The van der Waals surface area contributed by atoms with Crippen molar-refractivity contribution in [2.75, 3.05) is 0 Å². The van der Waals surface area contributed by atoms with E-state index in [2.05, 4.69) is 9.98 Å². The zero-order valence-electron chi connectivity index (χ0n) is 15.3. The lowest BCUT2D eigenvalue weighted by molar-refractivity contribution is -0.107. The van der Waals surface area contributed by atoms with Gasteiger partial charge >= 0.3 is 7.12 Å². The highest BCUT2D eigenvalue weighted by atomic mass is 16.4. The largest absolute Gasteiger partial charge is 0.488 e. The van der Waals surface area contributed by atoms with Crippen LogP contribution in [0, 0.1) is 0 Å². The number of aliphatic hydroxyl groups is 3. The molecule has 2 rings (SSSR count). The van der Waals surface area contributed by atoms with E-state index in [1.807, 2.05) is 0 Å². The van der Waals surface area contributed by atoms with Gasteiger partial charge in [-0.05, 0) is 38.7 Å². The fourth-order valence-corrected chi connectivity index (χ4v) is 1.09. The van der Waals surface area contributed by atoms with Crippen molar-refractivity contribution in [3.05, 3.63) is 35.6 Å². The van der Waals surface area contributed by atoms with Crippen molar-refractivity contribution in [3.63, 3.8) is 0 Å². The van der Waals surface area contributed by atoms with Gasteiger partial charge in [0.05, 0.1) is 17.8 Å². The van der Waals surface area contributed by atoms with Gasteiger partial charge in [-0.3, -0.25) is 0 Å². The minimum atomic E-state index is -1.43. The topological polar surface area (TPSA) is 143 Å². The summed E-state index contributed by atoms with van der Waals surface area (Å²) in [6, 6.07) is 6.43. The quantitative estimate of drug-likeness (QED) is 0.351. The number of nitrogens with zero attached hydrogens (tertiary/aromatic N) is 2. The number of hydrogen-bond donors (Lipinski definition) is 5. The van der Waals surface area contributed by atoms with Crippen LogP contribution in [0.3, 0.4) is 0 Å². The molecule has 1 aromatic rings. The third kappa shape index (κ3) is 9.38. The number of carbonyl (C=O) groups excluding carboxylic acids is 1. The van der Waals surface area contributed by atoms with Crippen molar-refractivity contribution < 1.29 is 30.2 Å². The molecule has 0 unspecified atom stereocenters. The first kappa shape index (κ1) is 23.9. The molecule has 0 fully saturated rings. The number of aliphatic imine (C=N–C) groups is 2. The van der Waals surface area contributed by atoms with E-state index >= 15 is 0 Å². The Balaban J connectivity index is 0.000000373. The molecule has 1 heterocycles. The summed E-state index contributed by atoms with van der Waals surface area (Å²) >= 11 is 0. The average molecular weight is 364 g/mol. The summed E-state index contributed by atoms with van der Waals surface area (Å²) in [5, 5.41) is 44.2. The van der Waals surface area contributed by atoms with Gasteiger partial charge in [0.1, 0.15) is 0 Å². The first-order chi connectivity index (χ1) is 11.9.